The van der Waals surface area contributed by atoms with E-state index in [4.69, 9.17) is 4.74 Å². The maximum atomic E-state index is 11.4. The van der Waals surface area contributed by atoms with E-state index >= 15 is 0 Å². The smallest absolute Gasteiger partial charge is 0.178 e. The zero-order valence-electron chi connectivity index (χ0n) is 14.0. The molecule has 1 unspecified atom stereocenters. The van der Waals surface area contributed by atoms with Crippen LogP contribution in [0.4, 0.5) is 0 Å². The maximum Gasteiger partial charge on any atom is 0.178 e. The highest BCUT2D eigenvalue weighted by molar-refractivity contribution is 7.90. The molecule has 0 spiro atoms. The molecule has 7 nitrogen and oxygen atoms in total. The van der Waals surface area contributed by atoms with Crippen molar-refractivity contribution in [1.82, 2.24) is 14.8 Å². The molecule has 2 aromatic heterocycles. The molecule has 3 rings (SSSR count). The van der Waals surface area contributed by atoms with Crippen molar-refractivity contribution in [3.8, 4) is 5.75 Å². The van der Waals surface area contributed by atoms with Gasteiger partial charge in [-0.15, -0.1) is 0 Å². The van der Waals surface area contributed by atoms with E-state index in [1.165, 1.54) is 17.1 Å². The Bertz CT molecular complexity index is 998. The zero-order valence-corrected chi connectivity index (χ0v) is 14.8. The number of rotatable bonds is 6. The van der Waals surface area contributed by atoms with Gasteiger partial charge in [0.15, 0.2) is 9.84 Å². The molecule has 0 amide bonds. The number of hydrogen-bond acceptors (Lipinski definition) is 6. The monoisotopic (exact) mass is 361 g/mol. The van der Waals surface area contributed by atoms with Crippen LogP contribution in [0.1, 0.15) is 5.56 Å². The minimum atomic E-state index is -3.30. The average Bonchev–Trinajstić information content (AvgIpc) is 3.02. The number of aliphatic hydroxyl groups is 1. The van der Waals surface area contributed by atoms with Gasteiger partial charge < -0.3 is 9.84 Å². The van der Waals surface area contributed by atoms with Crippen LogP contribution < -0.4 is 4.74 Å². The summed E-state index contributed by atoms with van der Waals surface area (Å²) in [6.45, 7) is 2.18. The second-order valence-corrected chi connectivity index (χ2v) is 7.97. The summed E-state index contributed by atoms with van der Waals surface area (Å²) in [5.74, 6) is 0.564. The van der Waals surface area contributed by atoms with Crippen molar-refractivity contribution in [2.45, 2.75) is 24.5 Å². The van der Waals surface area contributed by atoms with E-state index in [0.717, 1.165) is 22.7 Å². The number of aliphatic hydroxyl groups excluding tert-OH is 1. The van der Waals surface area contributed by atoms with Gasteiger partial charge in [0.2, 0.25) is 0 Å². The van der Waals surface area contributed by atoms with Crippen LogP contribution in [0.25, 0.3) is 10.9 Å². The Labute approximate surface area is 145 Å². The Kier molecular flexibility index (Phi) is 4.73. The maximum absolute atomic E-state index is 11.4. The molecular formula is C17H19N3O4S. The summed E-state index contributed by atoms with van der Waals surface area (Å²) >= 11 is 0. The quantitative estimate of drug-likeness (QED) is 0.716. The summed E-state index contributed by atoms with van der Waals surface area (Å²) in [5.41, 5.74) is 2.00. The standard InChI is InChI=1S/C17H19N3O4S/c1-12-4-3-5-13-6-15(7-18-17(12)13)24-11-14(21)9-20-10-16(8-19-20)25(2,22)23/h3-8,10,14,21H,9,11H2,1-2H3. The number of benzene rings is 1. The molecule has 0 aliphatic heterocycles. The largest absolute Gasteiger partial charge is 0.489 e. The van der Waals surface area contributed by atoms with Crippen molar-refractivity contribution < 1.29 is 18.3 Å². The Morgan fingerprint density at radius 2 is 2.12 bits per heavy atom. The highest BCUT2D eigenvalue weighted by atomic mass is 32.2. The van der Waals surface area contributed by atoms with Crippen molar-refractivity contribution >= 4 is 20.7 Å². The molecule has 0 fully saturated rings. The third-order valence-electron chi connectivity index (χ3n) is 3.77. The Morgan fingerprint density at radius 1 is 1.32 bits per heavy atom. The van der Waals surface area contributed by atoms with Gasteiger partial charge in [0, 0.05) is 17.8 Å². The third-order valence-corrected chi connectivity index (χ3v) is 4.83. The summed E-state index contributed by atoms with van der Waals surface area (Å²) in [5, 5.41) is 15.0. The lowest BCUT2D eigenvalue weighted by atomic mass is 10.1. The predicted molar refractivity (Wildman–Crippen MR) is 93.3 cm³/mol. The van der Waals surface area contributed by atoms with Crippen LogP contribution in [0.5, 0.6) is 5.75 Å². The van der Waals surface area contributed by atoms with Crippen molar-refractivity contribution in [1.29, 1.82) is 0 Å². The second kappa shape index (κ2) is 6.81. The minimum absolute atomic E-state index is 0.0487. The third kappa shape index (κ3) is 4.15. The summed E-state index contributed by atoms with van der Waals surface area (Å²) in [7, 11) is -3.30. The van der Waals surface area contributed by atoms with Crippen molar-refractivity contribution in [3.63, 3.8) is 0 Å². The van der Waals surface area contributed by atoms with Crippen LogP contribution in [0.3, 0.4) is 0 Å². The van der Waals surface area contributed by atoms with Gasteiger partial charge in [-0.2, -0.15) is 5.10 Å². The van der Waals surface area contributed by atoms with Crippen LogP contribution in [-0.2, 0) is 16.4 Å². The van der Waals surface area contributed by atoms with Gasteiger partial charge in [-0.25, -0.2) is 8.42 Å². The highest BCUT2D eigenvalue weighted by Gasteiger charge is 2.13. The summed E-state index contributed by atoms with van der Waals surface area (Å²) in [6.07, 6.45) is 4.55. The van der Waals surface area contributed by atoms with E-state index in [2.05, 4.69) is 10.1 Å². The van der Waals surface area contributed by atoms with Crippen molar-refractivity contribution in [2.75, 3.05) is 12.9 Å². The molecule has 0 aliphatic carbocycles. The summed E-state index contributed by atoms with van der Waals surface area (Å²) in [4.78, 5) is 4.50. The molecule has 1 N–H and O–H groups in total. The molecule has 8 heteroatoms. The van der Waals surface area contributed by atoms with E-state index in [1.807, 2.05) is 31.2 Å². The summed E-state index contributed by atoms with van der Waals surface area (Å²) < 4.78 is 29.8. The van der Waals surface area contributed by atoms with Crippen LogP contribution in [0.2, 0.25) is 0 Å². The van der Waals surface area contributed by atoms with E-state index < -0.39 is 15.9 Å². The molecule has 1 atom stereocenters. The van der Waals surface area contributed by atoms with Gasteiger partial charge in [-0.05, 0) is 18.6 Å². The number of pyridine rings is 1. The Balaban J connectivity index is 1.62. The molecular weight excluding hydrogens is 342 g/mol. The first-order valence-corrected chi connectivity index (χ1v) is 9.61. The Hall–Kier alpha value is -2.45. The van der Waals surface area contributed by atoms with E-state index in [-0.39, 0.29) is 18.0 Å². The molecule has 0 bridgehead atoms. The summed E-state index contributed by atoms with van der Waals surface area (Å²) in [6, 6.07) is 7.77. The van der Waals surface area contributed by atoms with Crippen LogP contribution in [0.15, 0.2) is 47.8 Å². The molecule has 0 aliphatic rings. The van der Waals surface area contributed by atoms with Gasteiger partial charge in [0.25, 0.3) is 0 Å². The molecule has 3 aromatic rings. The number of nitrogens with zero attached hydrogens (tertiary/aromatic N) is 3. The van der Waals surface area contributed by atoms with Crippen molar-refractivity contribution in [3.05, 3.63) is 48.4 Å². The SMILES string of the molecule is Cc1cccc2cc(OCC(O)Cn3cc(S(C)(=O)=O)cn3)cnc12. The number of para-hydroxylation sites is 1. The van der Waals surface area contributed by atoms with Gasteiger partial charge in [0.1, 0.15) is 23.4 Å². The molecule has 0 saturated carbocycles. The van der Waals surface area contributed by atoms with Gasteiger partial charge >= 0.3 is 0 Å². The number of aromatic nitrogens is 3. The minimum Gasteiger partial charge on any atom is -0.489 e. The lowest BCUT2D eigenvalue weighted by molar-refractivity contribution is 0.0892. The number of aryl methyl sites for hydroxylation is 1. The fourth-order valence-electron chi connectivity index (χ4n) is 2.47. The van der Waals surface area contributed by atoms with Crippen LogP contribution in [-0.4, -0.2) is 47.3 Å². The zero-order chi connectivity index (χ0) is 18.0. The van der Waals surface area contributed by atoms with Gasteiger partial charge in [0.05, 0.1) is 24.5 Å². The van der Waals surface area contributed by atoms with Gasteiger partial charge in [-0.3, -0.25) is 9.67 Å². The first-order chi connectivity index (χ1) is 11.8. The topological polar surface area (TPSA) is 94.3 Å². The lowest BCUT2D eigenvalue weighted by Crippen LogP contribution is -2.23. The lowest BCUT2D eigenvalue weighted by Gasteiger charge is -2.13. The van der Waals surface area contributed by atoms with Gasteiger partial charge in [-0.1, -0.05) is 18.2 Å². The Morgan fingerprint density at radius 3 is 2.84 bits per heavy atom. The van der Waals surface area contributed by atoms with Crippen molar-refractivity contribution in [2.24, 2.45) is 0 Å². The fourth-order valence-corrected chi connectivity index (χ4v) is 3.02. The first kappa shape index (κ1) is 17.4. The number of hydrogen-bond donors (Lipinski definition) is 1. The molecule has 0 saturated heterocycles. The average molecular weight is 361 g/mol. The fraction of sp³-hybridized carbons (Fsp3) is 0.294. The van der Waals surface area contributed by atoms with E-state index in [1.54, 1.807) is 6.20 Å². The normalized spacial score (nSPS) is 13.1. The number of ether oxygens (including phenoxy) is 1. The molecule has 132 valence electrons. The highest BCUT2D eigenvalue weighted by Crippen LogP contribution is 2.21. The molecule has 1 aromatic carbocycles. The van der Waals surface area contributed by atoms with Crippen LogP contribution >= 0.6 is 0 Å². The first-order valence-electron chi connectivity index (χ1n) is 7.72. The van der Waals surface area contributed by atoms with E-state index in [9.17, 15) is 13.5 Å². The predicted octanol–water partition coefficient (Wildman–Crippen LogP) is 1.58. The van der Waals surface area contributed by atoms with Crippen LogP contribution in [0, 0.1) is 6.92 Å². The molecule has 25 heavy (non-hydrogen) atoms. The molecule has 2 heterocycles. The second-order valence-electron chi connectivity index (χ2n) is 5.95. The number of fused-ring (bicyclic) bond motifs is 1. The molecule has 0 radical (unpaired) electrons. The number of sulfone groups is 1. The van der Waals surface area contributed by atoms with E-state index in [0.29, 0.717) is 5.75 Å².